The van der Waals surface area contributed by atoms with Crippen LogP contribution >= 0.6 is 0 Å². The molecule has 1 fully saturated rings. The van der Waals surface area contributed by atoms with Crippen molar-refractivity contribution in [2.24, 2.45) is 0 Å². The highest BCUT2D eigenvalue weighted by Crippen LogP contribution is 2.22. The fourth-order valence-electron chi connectivity index (χ4n) is 2.24. The lowest BCUT2D eigenvalue weighted by atomic mass is 10.1. The van der Waals surface area contributed by atoms with Crippen LogP contribution in [-0.2, 0) is 4.79 Å². The number of carbonyl (C=O) groups excluding carboxylic acids is 1. The van der Waals surface area contributed by atoms with Gasteiger partial charge in [-0.2, -0.15) is 0 Å². The lowest BCUT2D eigenvalue weighted by molar-refractivity contribution is -0.141. The van der Waals surface area contributed by atoms with Crippen molar-refractivity contribution >= 4 is 5.91 Å². The predicted octanol–water partition coefficient (Wildman–Crippen LogP) is 1.67. The lowest BCUT2D eigenvalue weighted by Crippen LogP contribution is -2.53. The Morgan fingerprint density at radius 2 is 2.00 bits per heavy atom. The molecule has 104 valence electrons. The fraction of sp³-hybridized carbons (Fsp3) is 0.533. The average molecular weight is 263 g/mol. The number of hydrogen-bond donors (Lipinski definition) is 1. The van der Waals surface area contributed by atoms with Gasteiger partial charge in [-0.3, -0.25) is 4.79 Å². The van der Waals surface area contributed by atoms with Gasteiger partial charge in [0.15, 0.2) is 0 Å². The normalized spacial score (nSPS) is 15.2. The van der Waals surface area contributed by atoms with Crippen molar-refractivity contribution < 1.29 is 14.6 Å². The number of aliphatic hydroxyl groups excluding tert-OH is 1. The Kier molecular flexibility index (Phi) is 4.43. The Balaban J connectivity index is 1.71. The van der Waals surface area contributed by atoms with Crippen LogP contribution in [0.2, 0.25) is 0 Å². The Morgan fingerprint density at radius 1 is 1.37 bits per heavy atom. The first-order valence-electron chi connectivity index (χ1n) is 6.73. The number of β-amino-alcohol motifs (C(OH)–C–C–N with tert-alkyl or cyclic N) is 1. The van der Waals surface area contributed by atoms with Gasteiger partial charge in [-0.1, -0.05) is 18.2 Å². The van der Waals surface area contributed by atoms with Gasteiger partial charge >= 0.3 is 0 Å². The highest BCUT2D eigenvalue weighted by molar-refractivity contribution is 5.77. The summed E-state index contributed by atoms with van der Waals surface area (Å²) in [5.74, 6) is 1.03. The minimum Gasteiger partial charge on any atom is -0.493 e. The van der Waals surface area contributed by atoms with E-state index in [1.165, 1.54) is 0 Å². The lowest BCUT2D eigenvalue weighted by Gasteiger charge is -2.35. The number of rotatable bonds is 5. The maximum atomic E-state index is 11.7. The van der Waals surface area contributed by atoms with Crippen LogP contribution in [0.1, 0.15) is 24.0 Å². The Bertz CT molecular complexity index is 432. The number of benzene rings is 1. The molecule has 1 N–H and O–H groups in total. The summed E-state index contributed by atoms with van der Waals surface area (Å²) in [6, 6.07) is 6.06. The fourth-order valence-corrected chi connectivity index (χ4v) is 2.24. The first kappa shape index (κ1) is 13.9. The topological polar surface area (TPSA) is 49.8 Å². The van der Waals surface area contributed by atoms with Gasteiger partial charge in [-0.25, -0.2) is 0 Å². The standard InChI is InChI=1S/C15H21NO3/c1-11-5-3-6-12(2)15(11)19-8-4-7-14(18)16-9-13(17)10-16/h3,5-6,13,17H,4,7-10H2,1-2H3. The third-order valence-electron chi connectivity index (χ3n) is 3.41. The number of likely N-dealkylation sites (tertiary alicyclic amines) is 1. The summed E-state index contributed by atoms with van der Waals surface area (Å²) in [6.07, 6.45) is 0.867. The van der Waals surface area contributed by atoms with Gasteiger partial charge in [0.05, 0.1) is 12.7 Å². The van der Waals surface area contributed by atoms with Crippen molar-refractivity contribution in [2.75, 3.05) is 19.7 Å². The van der Waals surface area contributed by atoms with Crippen LogP contribution in [0.15, 0.2) is 18.2 Å². The van der Waals surface area contributed by atoms with Crippen LogP contribution in [0.25, 0.3) is 0 Å². The molecule has 2 rings (SSSR count). The summed E-state index contributed by atoms with van der Waals surface area (Å²) < 4.78 is 5.75. The number of aliphatic hydroxyl groups is 1. The zero-order valence-corrected chi connectivity index (χ0v) is 11.6. The van der Waals surface area contributed by atoms with Crippen molar-refractivity contribution in [3.63, 3.8) is 0 Å². The second-order valence-electron chi connectivity index (χ2n) is 5.13. The number of carbonyl (C=O) groups is 1. The van der Waals surface area contributed by atoms with E-state index in [4.69, 9.17) is 9.84 Å². The van der Waals surface area contributed by atoms with E-state index in [2.05, 4.69) is 0 Å². The smallest absolute Gasteiger partial charge is 0.222 e. The molecule has 0 aromatic heterocycles. The highest BCUT2D eigenvalue weighted by atomic mass is 16.5. The van der Waals surface area contributed by atoms with E-state index in [0.29, 0.717) is 32.5 Å². The molecule has 4 nitrogen and oxygen atoms in total. The SMILES string of the molecule is Cc1cccc(C)c1OCCCC(=O)N1CC(O)C1. The molecular formula is C15H21NO3. The van der Waals surface area contributed by atoms with Crippen molar-refractivity contribution in [1.29, 1.82) is 0 Å². The van der Waals surface area contributed by atoms with Gasteiger partial charge < -0.3 is 14.7 Å². The number of nitrogens with zero attached hydrogens (tertiary/aromatic N) is 1. The summed E-state index contributed by atoms with van der Waals surface area (Å²) in [6.45, 7) is 5.56. The van der Waals surface area contributed by atoms with Crippen LogP contribution in [0.4, 0.5) is 0 Å². The van der Waals surface area contributed by atoms with E-state index >= 15 is 0 Å². The summed E-state index contributed by atoms with van der Waals surface area (Å²) >= 11 is 0. The molecule has 0 spiro atoms. The second-order valence-corrected chi connectivity index (χ2v) is 5.13. The van der Waals surface area contributed by atoms with Gasteiger partial charge in [-0.15, -0.1) is 0 Å². The van der Waals surface area contributed by atoms with Crippen LogP contribution in [0, 0.1) is 13.8 Å². The minimum absolute atomic E-state index is 0.107. The summed E-state index contributed by atoms with van der Waals surface area (Å²) in [4.78, 5) is 13.4. The molecule has 0 saturated carbocycles. The molecule has 1 aromatic rings. The first-order chi connectivity index (χ1) is 9.08. The molecule has 0 radical (unpaired) electrons. The summed E-state index contributed by atoms with van der Waals surface area (Å²) in [7, 11) is 0. The zero-order valence-electron chi connectivity index (χ0n) is 11.6. The van der Waals surface area contributed by atoms with Gasteiger partial charge in [0.2, 0.25) is 5.91 Å². The molecular weight excluding hydrogens is 242 g/mol. The maximum absolute atomic E-state index is 11.7. The van der Waals surface area contributed by atoms with Crippen LogP contribution in [-0.4, -0.2) is 41.7 Å². The average Bonchev–Trinajstić information content (AvgIpc) is 2.33. The molecule has 0 bridgehead atoms. The Hall–Kier alpha value is -1.55. The largest absolute Gasteiger partial charge is 0.493 e. The van der Waals surface area contributed by atoms with E-state index in [1.807, 2.05) is 32.0 Å². The highest BCUT2D eigenvalue weighted by Gasteiger charge is 2.27. The zero-order chi connectivity index (χ0) is 13.8. The molecule has 1 heterocycles. The molecule has 0 aliphatic carbocycles. The molecule has 1 aliphatic heterocycles. The minimum atomic E-state index is -0.324. The number of amides is 1. The maximum Gasteiger partial charge on any atom is 0.222 e. The van der Waals surface area contributed by atoms with E-state index in [0.717, 1.165) is 16.9 Å². The number of ether oxygens (including phenoxy) is 1. The number of hydrogen-bond acceptors (Lipinski definition) is 3. The molecule has 1 saturated heterocycles. The van der Waals surface area contributed by atoms with Crippen molar-refractivity contribution in [1.82, 2.24) is 4.90 Å². The quantitative estimate of drug-likeness (QED) is 0.822. The number of aryl methyl sites for hydroxylation is 2. The molecule has 4 heteroatoms. The molecule has 1 amide bonds. The van der Waals surface area contributed by atoms with Crippen LogP contribution in [0.5, 0.6) is 5.75 Å². The van der Waals surface area contributed by atoms with Gasteiger partial charge in [0.1, 0.15) is 5.75 Å². The second kappa shape index (κ2) is 6.06. The predicted molar refractivity (Wildman–Crippen MR) is 73.2 cm³/mol. The van der Waals surface area contributed by atoms with Crippen molar-refractivity contribution in [3.05, 3.63) is 29.3 Å². The number of para-hydroxylation sites is 1. The first-order valence-corrected chi connectivity index (χ1v) is 6.73. The van der Waals surface area contributed by atoms with E-state index in [-0.39, 0.29) is 12.0 Å². The van der Waals surface area contributed by atoms with E-state index < -0.39 is 0 Å². The van der Waals surface area contributed by atoms with Crippen LogP contribution in [0.3, 0.4) is 0 Å². The van der Waals surface area contributed by atoms with Crippen molar-refractivity contribution in [2.45, 2.75) is 32.8 Å². The van der Waals surface area contributed by atoms with Crippen LogP contribution < -0.4 is 4.74 Å². The monoisotopic (exact) mass is 263 g/mol. The summed E-state index contributed by atoms with van der Waals surface area (Å²) in [5, 5.41) is 9.13. The molecule has 0 unspecified atom stereocenters. The van der Waals surface area contributed by atoms with E-state index in [9.17, 15) is 4.79 Å². The molecule has 19 heavy (non-hydrogen) atoms. The third kappa shape index (κ3) is 3.47. The van der Waals surface area contributed by atoms with Gasteiger partial charge in [0.25, 0.3) is 0 Å². The molecule has 1 aliphatic rings. The van der Waals surface area contributed by atoms with Gasteiger partial charge in [-0.05, 0) is 31.4 Å². The van der Waals surface area contributed by atoms with Crippen molar-refractivity contribution in [3.8, 4) is 5.75 Å². The summed E-state index contributed by atoms with van der Waals surface area (Å²) in [5.41, 5.74) is 2.24. The Labute approximate surface area is 114 Å². The molecule has 0 atom stereocenters. The molecule has 1 aromatic carbocycles. The third-order valence-corrected chi connectivity index (χ3v) is 3.41. The van der Waals surface area contributed by atoms with Gasteiger partial charge in [0, 0.05) is 19.5 Å². The van der Waals surface area contributed by atoms with E-state index in [1.54, 1.807) is 4.90 Å². The Morgan fingerprint density at radius 3 is 2.58 bits per heavy atom.